The molecule has 0 unspecified atom stereocenters. The quantitative estimate of drug-likeness (QED) is 0.566. The van der Waals surface area contributed by atoms with E-state index in [1.807, 2.05) is 0 Å². The number of nitrogens with two attached hydrogens (primary N) is 1. The van der Waals surface area contributed by atoms with E-state index >= 15 is 0 Å². The number of aromatic amines is 1. The van der Waals surface area contributed by atoms with Crippen LogP contribution in [0.15, 0.2) is 23.1 Å². The highest BCUT2D eigenvalue weighted by Gasteiger charge is 1.95. The van der Waals surface area contributed by atoms with Crippen LogP contribution in [0.2, 0.25) is 0 Å². The number of nitrogens with zero attached hydrogens (tertiary/aromatic N) is 2. The molecule has 0 spiro atoms. The molecule has 5 heteroatoms. The Balaban J connectivity index is 2.89. The van der Waals surface area contributed by atoms with Gasteiger partial charge in [0.15, 0.2) is 0 Å². The van der Waals surface area contributed by atoms with Crippen LogP contribution in [0.1, 0.15) is 0 Å². The molecule has 12 heavy (non-hydrogen) atoms. The Kier molecular flexibility index (Phi) is 1.30. The van der Waals surface area contributed by atoms with Crippen molar-refractivity contribution in [3.05, 3.63) is 28.8 Å². The van der Waals surface area contributed by atoms with E-state index in [0.717, 1.165) is 5.39 Å². The van der Waals surface area contributed by atoms with E-state index in [2.05, 4.69) is 15.0 Å². The van der Waals surface area contributed by atoms with E-state index in [1.54, 1.807) is 12.1 Å². The summed E-state index contributed by atoms with van der Waals surface area (Å²) >= 11 is 0. The molecule has 5 nitrogen and oxygen atoms in total. The largest absolute Gasteiger partial charge is 0.384 e. The second-order valence-corrected chi connectivity index (χ2v) is 2.36. The van der Waals surface area contributed by atoms with Crippen molar-refractivity contribution in [1.82, 2.24) is 15.0 Å². The SMILES string of the molecule is Nc1ccc2cnc(=O)[nH]c2n1. The highest BCUT2D eigenvalue weighted by atomic mass is 16.1. The number of rotatable bonds is 0. The monoisotopic (exact) mass is 162 g/mol. The van der Waals surface area contributed by atoms with Crippen molar-refractivity contribution in [3.8, 4) is 0 Å². The van der Waals surface area contributed by atoms with Crippen LogP contribution in [-0.4, -0.2) is 15.0 Å². The third kappa shape index (κ3) is 1.01. The lowest BCUT2D eigenvalue weighted by atomic mass is 10.3. The Hall–Kier alpha value is -1.91. The van der Waals surface area contributed by atoms with E-state index < -0.39 is 5.69 Å². The molecule has 0 aliphatic heterocycles. The lowest BCUT2D eigenvalue weighted by Crippen LogP contribution is -2.09. The van der Waals surface area contributed by atoms with Gasteiger partial charge in [0.1, 0.15) is 11.5 Å². The number of hydrogen-bond donors (Lipinski definition) is 2. The molecule has 0 bridgehead atoms. The predicted molar refractivity (Wildman–Crippen MR) is 44.6 cm³/mol. The van der Waals surface area contributed by atoms with Gasteiger partial charge in [-0.2, -0.15) is 0 Å². The second kappa shape index (κ2) is 2.30. The maximum Gasteiger partial charge on any atom is 0.346 e. The Bertz CT molecular complexity index is 476. The van der Waals surface area contributed by atoms with Crippen molar-refractivity contribution in [1.29, 1.82) is 0 Å². The third-order valence-corrected chi connectivity index (χ3v) is 1.49. The molecule has 2 heterocycles. The average molecular weight is 162 g/mol. The van der Waals surface area contributed by atoms with Crippen molar-refractivity contribution >= 4 is 16.9 Å². The third-order valence-electron chi connectivity index (χ3n) is 1.49. The number of aromatic nitrogens is 3. The van der Waals surface area contributed by atoms with Gasteiger partial charge >= 0.3 is 5.69 Å². The number of nitrogens with one attached hydrogen (secondary N) is 1. The molecule has 0 fully saturated rings. The lowest BCUT2D eigenvalue weighted by Gasteiger charge is -1.95. The van der Waals surface area contributed by atoms with Gasteiger partial charge in [-0.25, -0.2) is 14.8 Å². The zero-order chi connectivity index (χ0) is 8.55. The zero-order valence-corrected chi connectivity index (χ0v) is 6.11. The summed E-state index contributed by atoms with van der Waals surface area (Å²) in [5, 5.41) is 0.767. The van der Waals surface area contributed by atoms with E-state index in [9.17, 15) is 4.79 Å². The summed E-state index contributed by atoms with van der Waals surface area (Å²) in [7, 11) is 0. The fourth-order valence-electron chi connectivity index (χ4n) is 0.951. The van der Waals surface area contributed by atoms with Crippen molar-refractivity contribution in [2.75, 3.05) is 5.73 Å². The smallest absolute Gasteiger partial charge is 0.346 e. The number of nitrogen functional groups attached to an aromatic ring is 1. The number of H-pyrrole nitrogens is 1. The van der Waals surface area contributed by atoms with Gasteiger partial charge in [-0.1, -0.05) is 0 Å². The minimum Gasteiger partial charge on any atom is -0.384 e. The van der Waals surface area contributed by atoms with E-state index in [0.29, 0.717) is 11.5 Å². The Morgan fingerprint density at radius 3 is 3.08 bits per heavy atom. The molecule has 2 aromatic heterocycles. The Morgan fingerprint density at radius 2 is 2.25 bits per heavy atom. The standard InChI is InChI=1S/C7H6N4O/c8-5-2-1-4-3-9-7(12)11-6(4)10-5/h1-3H,(H3,8,9,10,11,12). The van der Waals surface area contributed by atoms with Gasteiger partial charge < -0.3 is 5.73 Å². The van der Waals surface area contributed by atoms with Crippen LogP contribution in [-0.2, 0) is 0 Å². The highest BCUT2D eigenvalue weighted by molar-refractivity contribution is 5.74. The minimum atomic E-state index is -0.416. The van der Waals surface area contributed by atoms with Gasteiger partial charge in [0.2, 0.25) is 0 Å². The van der Waals surface area contributed by atoms with Crippen LogP contribution in [0.4, 0.5) is 5.82 Å². The number of pyridine rings is 1. The molecule has 2 rings (SSSR count). The first-order valence-electron chi connectivity index (χ1n) is 3.37. The summed E-state index contributed by atoms with van der Waals surface area (Å²) in [5.74, 6) is 0.379. The first-order chi connectivity index (χ1) is 5.75. The van der Waals surface area contributed by atoms with E-state index in [4.69, 9.17) is 5.73 Å². The molecule has 0 atom stereocenters. The maximum absolute atomic E-state index is 10.7. The molecule has 0 saturated carbocycles. The maximum atomic E-state index is 10.7. The topological polar surface area (TPSA) is 84.7 Å². The normalized spacial score (nSPS) is 10.3. The molecule has 60 valence electrons. The summed E-state index contributed by atoms with van der Waals surface area (Å²) < 4.78 is 0. The predicted octanol–water partition coefficient (Wildman–Crippen LogP) is -0.0997. The van der Waals surface area contributed by atoms with Crippen molar-refractivity contribution in [3.63, 3.8) is 0 Å². The van der Waals surface area contributed by atoms with Crippen molar-refractivity contribution < 1.29 is 0 Å². The Labute approximate surface area is 67.3 Å². The van der Waals surface area contributed by atoms with Crippen molar-refractivity contribution in [2.45, 2.75) is 0 Å². The first kappa shape index (κ1) is 6.78. The molecule has 0 aromatic carbocycles. The molecule has 0 saturated heterocycles. The summed E-state index contributed by atoms with van der Waals surface area (Å²) in [5.41, 5.74) is 5.47. The summed E-state index contributed by atoms with van der Waals surface area (Å²) in [6.07, 6.45) is 1.46. The van der Waals surface area contributed by atoms with Crippen LogP contribution < -0.4 is 11.4 Å². The van der Waals surface area contributed by atoms with Crippen LogP contribution in [0.25, 0.3) is 11.0 Å². The minimum absolute atomic E-state index is 0.379. The highest BCUT2D eigenvalue weighted by Crippen LogP contribution is 2.06. The molecule has 0 aliphatic rings. The molecular formula is C7H6N4O. The van der Waals surface area contributed by atoms with Gasteiger partial charge in [0.05, 0.1) is 0 Å². The zero-order valence-electron chi connectivity index (χ0n) is 6.11. The molecular weight excluding hydrogens is 156 g/mol. The van der Waals surface area contributed by atoms with Gasteiger partial charge in [-0.15, -0.1) is 0 Å². The van der Waals surface area contributed by atoms with Crippen LogP contribution >= 0.6 is 0 Å². The number of hydrogen-bond acceptors (Lipinski definition) is 4. The van der Waals surface area contributed by atoms with E-state index in [-0.39, 0.29) is 0 Å². The molecule has 2 aromatic rings. The molecule has 3 N–H and O–H groups in total. The van der Waals surface area contributed by atoms with Gasteiger partial charge in [0, 0.05) is 11.6 Å². The average Bonchev–Trinajstić information content (AvgIpc) is 2.03. The first-order valence-corrected chi connectivity index (χ1v) is 3.37. The fourth-order valence-corrected chi connectivity index (χ4v) is 0.951. The van der Waals surface area contributed by atoms with Crippen molar-refractivity contribution in [2.24, 2.45) is 0 Å². The summed E-state index contributed by atoms with van der Waals surface area (Å²) in [4.78, 5) is 20.7. The van der Waals surface area contributed by atoms with Gasteiger partial charge in [0.25, 0.3) is 0 Å². The lowest BCUT2D eigenvalue weighted by molar-refractivity contribution is 1.10. The fraction of sp³-hybridized carbons (Fsp3) is 0. The van der Waals surface area contributed by atoms with Crippen LogP contribution in [0.5, 0.6) is 0 Å². The Morgan fingerprint density at radius 1 is 1.42 bits per heavy atom. The molecule has 0 aliphatic carbocycles. The van der Waals surface area contributed by atoms with E-state index in [1.165, 1.54) is 6.20 Å². The molecule has 0 amide bonds. The summed E-state index contributed by atoms with van der Waals surface area (Å²) in [6.45, 7) is 0. The molecule has 0 radical (unpaired) electrons. The number of fused-ring (bicyclic) bond motifs is 1. The van der Waals surface area contributed by atoms with Crippen LogP contribution in [0.3, 0.4) is 0 Å². The van der Waals surface area contributed by atoms with Crippen LogP contribution in [0, 0.1) is 0 Å². The second-order valence-electron chi connectivity index (χ2n) is 2.36. The number of anilines is 1. The van der Waals surface area contributed by atoms with Gasteiger partial charge in [-0.3, -0.25) is 4.98 Å². The summed E-state index contributed by atoms with van der Waals surface area (Å²) in [6, 6.07) is 3.41. The van der Waals surface area contributed by atoms with Gasteiger partial charge in [-0.05, 0) is 12.1 Å².